The number of nitrogens with zero attached hydrogens (tertiary/aromatic N) is 3. The predicted octanol–water partition coefficient (Wildman–Crippen LogP) is 2.50. The molecule has 9 heteroatoms. The van der Waals surface area contributed by atoms with Crippen molar-refractivity contribution in [2.24, 2.45) is 0 Å². The van der Waals surface area contributed by atoms with Crippen molar-refractivity contribution in [3.63, 3.8) is 0 Å². The topological polar surface area (TPSA) is 96.8 Å². The highest BCUT2D eigenvalue weighted by atomic mass is 35.5. The monoisotopic (exact) mass is 406 g/mol. The maximum atomic E-state index is 12.1. The van der Waals surface area contributed by atoms with E-state index in [0.29, 0.717) is 29.0 Å². The molecule has 0 radical (unpaired) electrons. The third-order valence-electron chi connectivity index (χ3n) is 4.70. The molecular formula is C19H23ClN4O4. The fourth-order valence-corrected chi connectivity index (χ4v) is 3.50. The van der Waals surface area contributed by atoms with E-state index in [4.69, 9.17) is 21.1 Å². The number of halogens is 1. The fraction of sp³-hybridized carbons (Fsp3) is 0.421. The summed E-state index contributed by atoms with van der Waals surface area (Å²) in [6.45, 7) is 1.22. The van der Waals surface area contributed by atoms with Gasteiger partial charge in [-0.3, -0.25) is 0 Å². The first-order valence-corrected chi connectivity index (χ1v) is 9.34. The summed E-state index contributed by atoms with van der Waals surface area (Å²) in [5.74, 6) is 0.945. The summed E-state index contributed by atoms with van der Waals surface area (Å²) in [5, 5.41) is 13.2. The van der Waals surface area contributed by atoms with Crippen LogP contribution in [0.25, 0.3) is 0 Å². The number of nitrogens with one attached hydrogen (secondary N) is 1. The van der Waals surface area contributed by atoms with E-state index in [-0.39, 0.29) is 18.3 Å². The summed E-state index contributed by atoms with van der Waals surface area (Å²) in [5.41, 5.74) is 0.994. The minimum atomic E-state index is -0.575. The van der Waals surface area contributed by atoms with Gasteiger partial charge in [-0.1, -0.05) is 17.7 Å². The predicted molar refractivity (Wildman–Crippen MR) is 106 cm³/mol. The molecule has 0 spiro atoms. The van der Waals surface area contributed by atoms with Gasteiger partial charge in [-0.15, -0.1) is 0 Å². The Bertz CT molecular complexity index is 849. The second kappa shape index (κ2) is 9.07. The normalized spacial score (nSPS) is 16.1. The number of aliphatic hydroxyl groups excluding tert-OH is 1. The van der Waals surface area contributed by atoms with Crippen molar-refractivity contribution in [1.29, 1.82) is 0 Å². The number of anilines is 2. The molecule has 0 aliphatic carbocycles. The lowest BCUT2D eigenvalue weighted by Crippen LogP contribution is -2.33. The number of aromatic nitrogens is 2. The summed E-state index contributed by atoms with van der Waals surface area (Å²) in [4.78, 5) is 22.9. The van der Waals surface area contributed by atoms with E-state index < -0.39 is 5.97 Å². The zero-order valence-electron chi connectivity index (χ0n) is 15.8. The molecule has 2 heterocycles. The van der Waals surface area contributed by atoms with Crippen LogP contribution in [0.4, 0.5) is 11.6 Å². The van der Waals surface area contributed by atoms with Crippen molar-refractivity contribution < 1.29 is 19.4 Å². The van der Waals surface area contributed by atoms with Crippen LogP contribution in [-0.2, 0) is 11.3 Å². The largest absolute Gasteiger partial charge is 0.495 e. The van der Waals surface area contributed by atoms with Gasteiger partial charge in [-0.25, -0.2) is 14.8 Å². The molecule has 1 aliphatic heterocycles. The van der Waals surface area contributed by atoms with Gasteiger partial charge in [0.2, 0.25) is 0 Å². The molecule has 3 rings (SSSR count). The van der Waals surface area contributed by atoms with E-state index in [1.165, 1.54) is 13.3 Å². The molecule has 1 aliphatic rings. The molecule has 2 aromatic rings. The second-order valence-electron chi connectivity index (χ2n) is 6.41. The van der Waals surface area contributed by atoms with Crippen LogP contribution in [-0.4, -0.2) is 54.5 Å². The zero-order valence-corrected chi connectivity index (χ0v) is 16.6. The lowest BCUT2D eigenvalue weighted by molar-refractivity contribution is 0.0595. The first-order valence-electron chi connectivity index (χ1n) is 8.96. The average Bonchev–Trinajstić information content (AvgIpc) is 3.20. The van der Waals surface area contributed by atoms with Crippen molar-refractivity contribution in [2.45, 2.75) is 25.4 Å². The quantitative estimate of drug-likeness (QED) is 0.677. The number of aliphatic hydroxyl groups is 1. The molecule has 150 valence electrons. The van der Waals surface area contributed by atoms with E-state index in [2.05, 4.69) is 15.3 Å². The minimum Gasteiger partial charge on any atom is -0.495 e. The number of ether oxygens (including phenoxy) is 2. The lowest BCUT2D eigenvalue weighted by atomic mass is 10.2. The molecule has 1 fully saturated rings. The first kappa shape index (κ1) is 20.2. The number of rotatable bonds is 7. The third kappa shape index (κ3) is 4.28. The van der Waals surface area contributed by atoms with Crippen LogP contribution < -0.4 is 15.0 Å². The number of hydrogen-bond acceptors (Lipinski definition) is 8. The minimum absolute atomic E-state index is 0.00604. The number of methoxy groups -OCH3 is 2. The van der Waals surface area contributed by atoms with Crippen LogP contribution in [0.3, 0.4) is 0 Å². The maximum absolute atomic E-state index is 12.1. The van der Waals surface area contributed by atoms with Gasteiger partial charge in [0.1, 0.15) is 11.6 Å². The molecule has 1 aromatic carbocycles. The van der Waals surface area contributed by atoms with Gasteiger partial charge in [0.25, 0.3) is 0 Å². The van der Waals surface area contributed by atoms with Crippen LogP contribution in [0, 0.1) is 0 Å². The number of carbonyl (C=O) groups is 1. The van der Waals surface area contributed by atoms with Crippen molar-refractivity contribution in [1.82, 2.24) is 9.97 Å². The van der Waals surface area contributed by atoms with Crippen LogP contribution in [0.15, 0.2) is 24.4 Å². The molecule has 8 nitrogen and oxygen atoms in total. The van der Waals surface area contributed by atoms with Gasteiger partial charge in [0.05, 0.1) is 38.1 Å². The highest BCUT2D eigenvalue weighted by Gasteiger charge is 2.27. The van der Waals surface area contributed by atoms with Gasteiger partial charge in [-0.05, 0) is 30.5 Å². The zero-order chi connectivity index (χ0) is 20.1. The van der Waals surface area contributed by atoms with Crippen LogP contribution in [0.1, 0.15) is 28.9 Å². The summed E-state index contributed by atoms with van der Waals surface area (Å²) < 4.78 is 9.97. The maximum Gasteiger partial charge on any atom is 0.360 e. The molecular weight excluding hydrogens is 384 g/mol. The standard InChI is InChI=1S/C19H23ClN4O4/c1-27-15-6-5-12(8-14(15)20)9-22-18-17(19(26)28-2)21-10-16(23-18)24-7-3-4-13(24)11-25/h5-6,8,10,13,25H,3-4,7,9,11H2,1-2H3,(H,22,23). The highest BCUT2D eigenvalue weighted by Crippen LogP contribution is 2.27. The fourth-order valence-electron chi connectivity index (χ4n) is 3.22. The van der Waals surface area contributed by atoms with Crippen molar-refractivity contribution in [2.75, 3.05) is 37.6 Å². The smallest absolute Gasteiger partial charge is 0.360 e. The van der Waals surface area contributed by atoms with Crippen molar-refractivity contribution in [3.8, 4) is 5.75 Å². The number of hydrogen-bond donors (Lipinski definition) is 2. The van der Waals surface area contributed by atoms with Crippen molar-refractivity contribution >= 4 is 29.2 Å². The number of carbonyl (C=O) groups excluding carboxylic acids is 1. The van der Waals surface area contributed by atoms with Crippen LogP contribution >= 0.6 is 11.6 Å². The second-order valence-corrected chi connectivity index (χ2v) is 6.82. The Morgan fingerprint density at radius 2 is 2.25 bits per heavy atom. The Balaban J connectivity index is 1.85. The molecule has 28 heavy (non-hydrogen) atoms. The molecule has 2 N–H and O–H groups in total. The molecule has 0 saturated carbocycles. The van der Waals surface area contributed by atoms with Gasteiger partial charge in [0.15, 0.2) is 11.5 Å². The Labute approximate surface area is 168 Å². The molecule has 0 amide bonds. The molecule has 1 unspecified atom stereocenters. The van der Waals surface area contributed by atoms with Crippen LogP contribution in [0.2, 0.25) is 5.02 Å². The van der Waals surface area contributed by atoms with Gasteiger partial charge < -0.3 is 24.8 Å². The van der Waals surface area contributed by atoms with E-state index in [1.54, 1.807) is 19.2 Å². The Morgan fingerprint density at radius 1 is 1.43 bits per heavy atom. The Kier molecular flexibility index (Phi) is 6.53. The number of esters is 1. The SMILES string of the molecule is COC(=O)c1ncc(N2CCCC2CO)nc1NCc1ccc(OC)c(Cl)c1. The highest BCUT2D eigenvalue weighted by molar-refractivity contribution is 6.32. The summed E-state index contributed by atoms with van der Waals surface area (Å²) in [6.07, 6.45) is 3.40. The Hall–Kier alpha value is -2.58. The number of benzene rings is 1. The van der Waals surface area contributed by atoms with Gasteiger partial charge in [0, 0.05) is 13.1 Å². The lowest BCUT2D eigenvalue weighted by Gasteiger charge is -2.24. The van der Waals surface area contributed by atoms with E-state index in [9.17, 15) is 9.90 Å². The average molecular weight is 407 g/mol. The van der Waals surface area contributed by atoms with E-state index >= 15 is 0 Å². The molecule has 1 aromatic heterocycles. The summed E-state index contributed by atoms with van der Waals surface area (Å²) in [6, 6.07) is 5.44. The third-order valence-corrected chi connectivity index (χ3v) is 4.99. The summed E-state index contributed by atoms with van der Waals surface area (Å²) in [7, 11) is 2.86. The van der Waals surface area contributed by atoms with Crippen molar-refractivity contribution in [3.05, 3.63) is 40.7 Å². The van der Waals surface area contributed by atoms with E-state index in [0.717, 1.165) is 24.9 Å². The molecule has 1 atom stereocenters. The molecule has 0 bridgehead atoms. The molecule has 1 saturated heterocycles. The summed E-state index contributed by atoms with van der Waals surface area (Å²) >= 11 is 6.17. The van der Waals surface area contributed by atoms with Crippen LogP contribution in [0.5, 0.6) is 5.75 Å². The van der Waals surface area contributed by atoms with E-state index in [1.807, 2.05) is 11.0 Å². The van der Waals surface area contributed by atoms with Gasteiger partial charge >= 0.3 is 5.97 Å². The first-order chi connectivity index (χ1) is 13.6. The Morgan fingerprint density at radius 3 is 2.93 bits per heavy atom. The van der Waals surface area contributed by atoms with Gasteiger partial charge in [-0.2, -0.15) is 0 Å².